The van der Waals surface area contributed by atoms with Gasteiger partial charge in [0.15, 0.2) is 11.2 Å². The largest absolute Gasteiger partial charge is 0.494 e. The lowest BCUT2D eigenvalue weighted by atomic mass is 9.97. The standard InChI is InChI=1S/C38H40ClN3O5/c1-2-46-31-14-15-35-32(23-31)34(43)24-36(47-35)38(45)40-30(21-26-10-12-29(39)13-11-26)22-27-16-19-41(20-17-27)33-8-4-3-7-28(33)25-42-18-6-5-9-37(42)44/h3-4,7-8,10-15,22-24,30H,2,5-6,9,16-21,25H2,1H3,(H,40,45)/t30-/m1/s1. The Morgan fingerprint density at radius 2 is 1.77 bits per heavy atom. The van der Waals surface area contributed by atoms with Crippen LogP contribution < -0.4 is 20.4 Å². The van der Waals surface area contributed by atoms with E-state index >= 15 is 0 Å². The average molecular weight is 654 g/mol. The van der Waals surface area contributed by atoms with E-state index in [0.29, 0.717) is 47.7 Å². The van der Waals surface area contributed by atoms with Crippen LogP contribution in [0.1, 0.15) is 60.7 Å². The highest BCUT2D eigenvalue weighted by atomic mass is 35.5. The van der Waals surface area contributed by atoms with Crippen molar-refractivity contribution >= 4 is 40.1 Å². The number of rotatable bonds is 10. The smallest absolute Gasteiger partial charge is 0.287 e. The Morgan fingerprint density at radius 3 is 2.53 bits per heavy atom. The molecule has 0 saturated carbocycles. The molecule has 3 heterocycles. The quantitative estimate of drug-likeness (QED) is 0.187. The monoisotopic (exact) mass is 653 g/mol. The third kappa shape index (κ3) is 8.06. The predicted molar refractivity (Wildman–Crippen MR) is 185 cm³/mol. The van der Waals surface area contributed by atoms with E-state index in [0.717, 1.165) is 50.9 Å². The Hall–Kier alpha value is -4.56. The lowest BCUT2D eigenvalue weighted by molar-refractivity contribution is -0.133. The number of hydrogen-bond donors (Lipinski definition) is 1. The molecule has 2 saturated heterocycles. The second kappa shape index (κ2) is 14.9. The van der Waals surface area contributed by atoms with Gasteiger partial charge in [0, 0.05) is 49.4 Å². The molecule has 2 amide bonds. The highest BCUT2D eigenvalue weighted by Gasteiger charge is 2.23. The lowest BCUT2D eigenvalue weighted by Gasteiger charge is -2.34. The van der Waals surface area contributed by atoms with Gasteiger partial charge in [0.1, 0.15) is 11.3 Å². The summed E-state index contributed by atoms with van der Waals surface area (Å²) in [4.78, 5) is 43.3. The summed E-state index contributed by atoms with van der Waals surface area (Å²) in [5.41, 5.74) is 4.66. The molecular formula is C38H40ClN3O5. The van der Waals surface area contributed by atoms with Gasteiger partial charge >= 0.3 is 0 Å². The van der Waals surface area contributed by atoms with Gasteiger partial charge in [-0.3, -0.25) is 14.4 Å². The van der Waals surface area contributed by atoms with E-state index in [-0.39, 0.29) is 23.1 Å². The number of anilines is 1. The predicted octanol–water partition coefficient (Wildman–Crippen LogP) is 6.93. The number of halogens is 1. The van der Waals surface area contributed by atoms with Crippen molar-refractivity contribution in [2.24, 2.45) is 0 Å². The zero-order valence-electron chi connectivity index (χ0n) is 26.7. The van der Waals surface area contributed by atoms with Gasteiger partial charge < -0.3 is 24.3 Å². The second-order valence-electron chi connectivity index (χ2n) is 12.2. The van der Waals surface area contributed by atoms with Gasteiger partial charge in [0.25, 0.3) is 5.91 Å². The molecule has 0 unspecified atom stereocenters. The molecule has 3 aromatic carbocycles. The summed E-state index contributed by atoms with van der Waals surface area (Å²) in [7, 11) is 0. The van der Waals surface area contributed by atoms with Gasteiger partial charge in [-0.05, 0) is 86.6 Å². The molecule has 0 spiro atoms. The summed E-state index contributed by atoms with van der Waals surface area (Å²) in [6.45, 7) is 5.48. The summed E-state index contributed by atoms with van der Waals surface area (Å²) >= 11 is 6.14. The third-order valence-corrected chi connectivity index (χ3v) is 9.13. The number of para-hydroxylation sites is 1. The Morgan fingerprint density at radius 1 is 0.979 bits per heavy atom. The van der Waals surface area contributed by atoms with Gasteiger partial charge in [0.2, 0.25) is 5.91 Å². The summed E-state index contributed by atoms with van der Waals surface area (Å²) in [6, 6.07) is 21.9. The van der Waals surface area contributed by atoms with Gasteiger partial charge in [-0.25, -0.2) is 0 Å². The summed E-state index contributed by atoms with van der Waals surface area (Å²) < 4.78 is 11.4. The first-order chi connectivity index (χ1) is 22.9. The fraction of sp³-hybridized carbons (Fsp3) is 0.342. The Bertz CT molecular complexity index is 1820. The first-order valence-corrected chi connectivity index (χ1v) is 16.8. The minimum absolute atomic E-state index is 0.0372. The van der Waals surface area contributed by atoms with Crippen LogP contribution in [0, 0.1) is 0 Å². The molecule has 0 bridgehead atoms. The molecule has 9 heteroatoms. The second-order valence-corrected chi connectivity index (χ2v) is 12.6. The molecule has 6 rings (SSSR count). The highest BCUT2D eigenvalue weighted by Crippen LogP contribution is 2.29. The van der Waals surface area contributed by atoms with Crippen LogP contribution in [-0.2, 0) is 17.8 Å². The molecule has 2 aliphatic rings. The molecule has 47 heavy (non-hydrogen) atoms. The van der Waals surface area contributed by atoms with Crippen LogP contribution >= 0.6 is 11.6 Å². The number of amides is 2. The number of benzene rings is 3. The summed E-state index contributed by atoms with van der Waals surface area (Å²) in [5.74, 6) is 0.324. The Labute approximate surface area is 280 Å². The van der Waals surface area contributed by atoms with Crippen molar-refractivity contribution < 1.29 is 18.7 Å². The molecule has 2 fully saturated rings. The summed E-state index contributed by atoms with van der Waals surface area (Å²) in [5, 5.41) is 4.12. The fourth-order valence-corrected chi connectivity index (χ4v) is 6.57. The zero-order valence-corrected chi connectivity index (χ0v) is 27.4. The fourth-order valence-electron chi connectivity index (χ4n) is 6.44. The first-order valence-electron chi connectivity index (χ1n) is 16.4. The minimum atomic E-state index is -0.452. The maximum absolute atomic E-state index is 13.5. The van der Waals surface area contributed by atoms with E-state index in [1.54, 1.807) is 18.2 Å². The number of nitrogens with zero attached hydrogens (tertiary/aromatic N) is 2. The van der Waals surface area contributed by atoms with Crippen molar-refractivity contribution in [3.63, 3.8) is 0 Å². The number of ether oxygens (including phenoxy) is 1. The van der Waals surface area contributed by atoms with Gasteiger partial charge in [-0.2, -0.15) is 0 Å². The molecule has 1 atom stereocenters. The molecule has 4 aromatic rings. The van der Waals surface area contributed by atoms with Crippen molar-refractivity contribution in [2.45, 2.75) is 58.0 Å². The van der Waals surface area contributed by atoms with Crippen LogP contribution in [0.4, 0.5) is 5.69 Å². The number of likely N-dealkylation sites (tertiary alicyclic amines) is 1. The van der Waals surface area contributed by atoms with Gasteiger partial charge in [-0.15, -0.1) is 0 Å². The van der Waals surface area contributed by atoms with Crippen molar-refractivity contribution in [1.29, 1.82) is 0 Å². The molecule has 244 valence electrons. The maximum Gasteiger partial charge on any atom is 0.287 e. The highest BCUT2D eigenvalue weighted by molar-refractivity contribution is 6.30. The Balaban J connectivity index is 1.18. The van der Waals surface area contributed by atoms with Crippen LogP contribution in [0.2, 0.25) is 5.02 Å². The van der Waals surface area contributed by atoms with E-state index in [1.165, 1.54) is 22.9 Å². The van der Waals surface area contributed by atoms with Crippen LogP contribution in [0.5, 0.6) is 5.75 Å². The van der Waals surface area contributed by atoms with E-state index < -0.39 is 5.91 Å². The number of fused-ring (bicyclic) bond motifs is 1. The minimum Gasteiger partial charge on any atom is -0.494 e. The van der Waals surface area contributed by atoms with Crippen molar-refractivity contribution in [1.82, 2.24) is 10.2 Å². The molecule has 8 nitrogen and oxygen atoms in total. The van der Waals surface area contributed by atoms with E-state index in [9.17, 15) is 14.4 Å². The molecule has 0 aliphatic carbocycles. The van der Waals surface area contributed by atoms with Gasteiger partial charge in [0.05, 0.1) is 18.0 Å². The molecular weight excluding hydrogens is 614 g/mol. The van der Waals surface area contributed by atoms with Crippen LogP contribution in [0.3, 0.4) is 0 Å². The van der Waals surface area contributed by atoms with Crippen LogP contribution in [0.15, 0.2) is 93.7 Å². The number of hydrogen-bond acceptors (Lipinski definition) is 6. The lowest BCUT2D eigenvalue weighted by Crippen LogP contribution is -2.37. The number of carbonyl (C=O) groups excluding carboxylic acids is 2. The van der Waals surface area contributed by atoms with Crippen molar-refractivity contribution in [3.05, 3.63) is 117 Å². The maximum atomic E-state index is 13.5. The first kappa shape index (κ1) is 32.4. The summed E-state index contributed by atoms with van der Waals surface area (Å²) in [6.07, 6.45) is 7.06. The van der Waals surface area contributed by atoms with Crippen LogP contribution in [0.25, 0.3) is 11.0 Å². The van der Waals surface area contributed by atoms with Crippen molar-refractivity contribution in [3.8, 4) is 5.75 Å². The topological polar surface area (TPSA) is 92.1 Å². The Kier molecular flexibility index (Phi) is 10.3. The molecule has 1 N–H and O–H groups in total. The van der Waals surface area contributed by atoms with Crippen LogP contribution in [-0.4, -0.2) is 49.0 Å². The van der Waals surface area contributed by atoms with E-state index in [4.69, 9.17) is 20.8 Å². The average Bonchev–Trinajstić information content (AvgIpc) is 3.08. The SMILES string of the molecule is CCOc1ccc2oc(C(=O)N[C@@H](C=C3CCN(c4ccccc4CN4CCCCC4=O)CC3)Cc3ccc(Cl)cc3)cc(=O)c2c1. The zero-order chi connectivity index (χ0) is 32.8. The van der Waals surface area contributed by atoms with E-state index in [2.05, 4.69) is 34.5 Å². The molecule has 0 radical (unpaired) electrons. The number of carbonyl (C=O) groups is 2. The number of nitrogens with one attached hydrogen (secondary N) is 1. The third-order valence-electron chi connectivity index (χ3n) is 8.88. The normalized spacial score (nSPS) is 15.9. The van der Waals surface area contributed by atoms with Crippen molar-refractivity contribution in [2.75, 3.05) is 31.1 Å². The van der Waals surface area contributed by atoms with Gasteiger partial charge in [-0.1, -0.05) is 53.6 Å². The number of piperidine rings is 2. The molecule has 2 aliphatic heterocycles. The van der Waals surface area contributed by atoms with E-state index in [1.807, 2.05) is 42.2 Å². The molecule has 1 aromatic heterocycles.